The highest BCUT2D eigenvalue weighted by atomic mass is 32.1. The van der Waals surface area contributed by atoms with Gasteiger partial charge in [-0.15, -0.1) is 11.3 Å². The van der Waals surface area contributed by atoms with Gasteiger partial charge in [-0.1, -0.05) is 0 Å². The lowest BCUT2D eigenvalue weighted by Crippen LogP contribution is -2.47. The first-order chi connectivity index (χ1) is 15.1. The molecule has 158 valence electrons. The van der Waals surface area contributed by atoms with E-state index in [1.54, 1.807) is 34.4 Å². The number of carbonyl (C=O) groups excluding carboxylic acids is 1. The van der Waals surface area contributed by atoms with E-state index in [0.717, 1.165) is 35.5 Å². The number of aromatic nitrogens is 5. The summed E-state index contributed by atoms with van der Waals surface area (Å²) in [6.45, 7) is 2.04. The first-order valence-corrected chi connectivity index (χ1v) is 11.3. The van der Waals surface area contributed by atoms with Gasteiger partial charge in [0, 0.05) is 49.8 Å². The minimum atomic E-state index is -0.311. The molecule has 2 aliphatic heterocycles. The summed E-state index contributed by atoms with van der Waals surface area (Å²) < 4.78 is 10.1. The van der Waals surface area contributed by atoms with E-state index < -0.39 is 0 Å². The number of rotatable bonds is 2. The second-order valence-corrected chi connectivity index (χ2v) is 9.23. The molecule has 4 aromatic heterocycles. The van der Waals surface area contributed by atoms with E-state index in [9.17, 15) is 4.79 Å². The summed E-state index contributed by atoms with van der Waals surface area (Å²) in [5, 5.41) is 4.31. The predicted molar refractivity (Wildman–Crippen MR) is 116 cm³/mol. The number of hydrogen-bond donors (Lipinski definition) is 0. The van der Waals surface area contributed by atoms with Crippen molar-refractivity contribution in [2.24, 2.45) is 7.05 Å². The SMILES string of the molecule is Cn1ccn2ncc(C(=O)N3CCC4(CC3)OCCc3cc(-c5cnccn5)sc34)c12. The molecular formula is C22H22N6O2S. The van der Waals surface area contributed by atoms with E-state index in [1.165, 1.54) is 10.4 Å². The number of hydrogen-bond acceptors (Lipinski definition) is 6. The second kappa shape index (κ2) is 7.00. The fourth-order valence-corrected chi connectivity index (χ4v) is 6.16. The van der Waals surface area contributed by atoms with Gasteiger partial charge in [0.2, 0.25) is 0 Å². The summed E-state index contributed by atoms with van der Waals surface area (Å²) in [5.74, 6) is 0.0362. The molecule has 0 unspecified atom stereocenters. The molecule has 1 amide bonds. The molecule has 6 heterocycles. The van der Waals surface area contributed by atoms with Crippen molar-refractivity contribution < 1.29 is 9.53 Å². The van der Waals surface area contributed by atoms with Gasteiger partial charge in [-0.3, -0.25) is 14.8 Å². The molecule has 1 saturated heterocycles. The number of fused-ring (bicyclic) bond motifs is 3. The Balaban J connectivity index is 1.26. The maximum absolute atomic E-state index is 13.2. The van der Waals surface area contributed by atoms with Crippen LogP contribution in [0.15, 0.2) is 43.2 Å². The van der Waals surface area contributed by atoms with Crippen molar-refractivity contribution in [3.8, 4) is 10.6 Å². The molecule has 1 spiro atoms. The minimum absolute atomic E-state index is 0.0362. The molecule has 4 aromatic rings. The normalized spacial score (nSPS) is 17.9. The standard InChI is InChI=1S/C22H22N6O2S/c1-26-9-10-28-20(26)16(13-25-28)21(29)27-7-3-22(4-8-27)19-15(2-11-30-22)12-18(31-19)17-14-23-5-6-24-17/h5-6,9-10,12-14H,2-4,7-8,11H2,1H3. The van der Waals surface area contributed by atoms with Gasteiger partial charge < -0.3 is 14.2 Å². The molecule has 1 fully saturated rings. The Morgan fingerprint density at radius 1 is 1.19 bits per heavy atom. The molecule has 2 aliphatic rings. The van der Waals surface area contributed by atoms with E-state index in [2.05, 4.69) is 21.1 Å². The van der Waals surface area contributed by atoms with Crippen LogP contribution in [0.5, 0.6) is 0 Å². The van der Waals surface area contributed by atoms with Crippen LogP contribution in [0.1, 0.15) is 33.6 Å². The molecule has 31 heavy (non-hydrogen) atoms. The highest BCUT2D eigenvalue weighted by molar-refractivity contribution is 7.15. The lowest BCUT2D eigenvalue weighted by Gasteiger charge is -2.43. The Labute approximate surface area is 183 Å². The summed E-state index contributed by atoms with van der Waals surface area (Å²) in [6, 6.07) is 2.24. The lowest BCUT2D eigenvalue weighted by molar-refractivity contribution is -0.0906. The van der Waals surface area contributed by atoms with Crippen LogP contribution in [-0.4, -0.2) is 54.7 Å². The van der Waals surface area contributed by atoms with Gasteiger partial charge in [0.25, 0.3) is 5.91 Å². The van der Waals surface area contributed by atoms with Crippen molar-refractivity contribution in [2.45, 2.75) is 24.9 Å². The fourth-order valence-electron chi connectivity index (χ4n) is 4.79. The minimum Gasteiger partial charge on any atom is -0.369 e. The monoisotopic (exact) mass is 434 g/mol. The molecule has 6 rings (SSSR count). The molecule has 8 nitrogen and oxygen atoms in total. The predicted octanol–water partition coefficient (Wildman–Crippen LogP) is 2.90. The molecule has 9 heteroatoms. The van der Waals surface area contributed by atoms with Crippen LogP contribution in [0.2, 0.25) is 0 Å². The van der Waals surface area contributed by atoms with Crippen LogP contribution in [0.25, 0.3) is 16.2 Å². The average Bonchev–Trinajstić information content (AvgIpc) is 3.52. The maximum Gasteiger partial charge on any atom is 0.259 e. The molecule has 0 N–H and O–H groups in total. The highest BCUT2D eigenvalue weighted by Gasteiger charge is 2.43. The van der Waals surface area contributed by atoms with Crippen molar-refractivity contribution in [2.75, 3.05) is 19.7 Å². The molecular weight excluding hydrogens is 412 g/mol. The van der Waals surface area contributed by atoms with Gasteiger partial charge in [0.1, 0.15) is 16.8 Å². The number of thiophene rings is 1. The van der Waals surface area contributed by atoms with Crippen LogP contribution >= 0.6 is 11.3 Å². The topological polar surface area (TPSA) is 77.5 Å². The molecule has 0 aromatic carbocycles. The first-order valence-electron chi connectivity index (χ1n) is 10.5. The molecule has 0 atom stereocenters. The van der Waals surface area contributed by atoms with Crippen molar-refractivity contribution in [3.05, 3.63) is 59.3 Å². The largest absolute Gasteiger partial charge is 0.369 e. The third-order valence-electron chi connectivity index (χ3n) is 6.41. The summed E-state index contributed by atoms with van der Waals surface area (Å²) in [7, 11) is 1.93. The number of nitrogens with zero attached hydrogens (tertiary/aromatic N) is 6. The summed E-state index contributed by atoms with van der Waals surface area (Å²) in [5.41, 5.74) is 3.41. The number of carbonyl (C=O) groups is 1. The van der Waals surface area contributed by atoms with Crippen molar-refractivity contribution >= 4 is 22.9 Å². The Bertz CT molecular complexity index is 1270. The zero-order valence-corrected chi connectivity index (χ0v) is 18.0. The maximum atomic E-state index is 13.2. The zero-order valence-electron chi connectivity index (χ0n) is 17.2. The van der Waals surface area contributed by atoms with Gasteiger partial charge in [-0.2, -0.15) is 5.10 Å². The van der Waals surface area contributed by atoms with Gasteiger partial charge >= 0.3 is 0 Å². The van der Waals surface area contributed by atoms with Crippen LogP contribution in [-0.2, 0) is 23.8 Å². The number of likely N-dealkylation sites (tertiary alicyclic amines) is 1. The Morgan fingerprint density at radius 2 is 2.06 bits per heavy atom. The van der Waals surface area contributed by atoms with Crippen LogP contribution in [0.4, 0.5) is 0 Å². The number of imidazole rings is 1. The van der Waals surface area contributed by atoms with E-state index in [0.29, 0.717) is 25.3 Å². The summed E-state index contributed by atoms with van der Waals surface area (Å²) in [6.07, 6.45) is 13.2. The molecule has 0 saturated carbocycles. The summed E-state index contributed by atoms with van der Waals surface area (Å²) in [4.78, 5) is 26.3. The van der Waals surface area contributed by atoms with E-state index >= 15 is 0 Å². The number of amides is 1. The van der Waals surface area contributed by atoms with Gasteiger partial charge in [0.15, 0.2) is 0 Å². The van der Waals surface area contributed by atoms with Crippen LogP contribution in [0.3, 0.4) is 0 Å². The average molecular weight is 435 g/mol. The number of aryl methyl sites for hydroxylation is 1. The molecule has 0 aliphatic carbocycles. The van der Waals surface area contributed by atoms with Crippen molar-refractivity contribution in [1.29, 1.82) is 0 Å². The van der Waals surface area contributed by atoms with Crippen LogP contribution in [0, 0.1) is 0 Å². The molecule has 0 radical (unpaired) electrons. The summed E-state index contributed by atoms with van der Waals surface area (Å²) >= 11 is 1.76. The van der Waals surface area contributed by atoms with Crippen molar-refractivity contribution in [3.63, 3.8) is 0 Å². The second-order valence-electron chi connectivity index (χ2n) is 8.18. The van der Waals surface area contributed by atoms with Crippen LogP contribution < -0.4 is 0 Å². The third-order valence-corrected chi connectivity index (χ3v) is 7.80. The lowest BCUT2D eigenvalue weighted by atomic mass is 9.85. The molecule has 0 bridgehead atoms. The zero-order chi connectivity index (χ0) is 21.0. The first kappa shape index (κ1) is 18.7. The van der Waals surface area contributed by atoms with E-state index in [-0.39, 0.29) is 11.5 Å². The van der Waals surface area contributed by atoms with E-state index in [1.807, 2.05) is 35.1 Å². The quantitative estimate of drug-likeness (QED) is 0.485. The highest BCUT2D eigenvalue weighted by Crippen LogP contribution is 2.47. The van der Waals surface area contributed by atoms with E-state index in [4.69, 9.17) is 4.74 Å². The Morgan fingerprint density at radius 3 is 2.87 bits per heavy atom. The smallest absolute Gasteiger partial charge is 0.259 e. The number of piperidine rings is 1. The van der Waals surface area contributed by atoms with Gasteiger partial charge in [-0.25, -0.2) is 4.52 Å². The van der Waals surface area contributed by atoms with Crippen molar-refractivity contribution in [1.82, 2.24) is 29.0 Å². The Kier molecular flexibility index (Phi) is 4.22. The van der Waals surface area contributed by atoms with Gasteiger partial charge in [0.05, 0.1) is 29.6 Å². The fraction of sp³-hybridized carbons (Fsp3) is 0.364. The number of ether oxygens (including phenoxy) is 1. The third kappa shape index (κ3) is 2.91. The van der Waals surface area contributed by atoms with Gasteiger partial charge in [-0.05, 0) is 30.9 Å². The Hall–Kier alpha value is -3.04.